The van der Waals surface area contributed by atoms with Crippen molar-refractivity contribution in [1.29, 1.82) is 0 Å². The standard InChI is InChI=1S/C21H14N2O3S/c24-19-18(14-17-12-7-13-27-17)20(25)23(16-10-5-2-6-11-16)21(26)22(19)15-8-3-1-4-9-15/h1-14H. The van der Waals surface area contributed by atoms with Crippen molar-refractivity contribution < 1.29 is 14.4 Å². The van der Waals surface area contributed by atoms with E-state index in [1.165, 1.54) is 17.4 Å². The molecule has 0 bridgehead atoms. The molecule has 0 aliphatic carbocycles. The first-order chi connectivity index (χ1) is 13.2. The highest BCUT2D eigenvalue weighted by Gasteiger charge is 2.43. The molecule has 0 spiro atoms. The fourth-order valence-electron chi connectivity index (χ4n) is 2.85. The minimum Gasteiger partial charge on any atom is -0.268 e. The van der Waals surface area contributed by atoms with Crippen molar-refractivity contribution in [2.24, 2.45) is 0 Å². The van der Waals surface area contributed by atoms with E-state index in [4.69, 9.17) is 0 Å². The molecule has 0 radical (unpaired) electrons. The van der Waals surface area contributed by atoms with Gasteiger partial charge >= 0.3 is 6.03 Å². The summed E-state index contributed by atoms with van der Waals surface area (Å²) in [5.74, 6) is -1.26. The number of nitrogens with zero attached hydrogens (tertiary/aromatic N) is 2. The van der Waals surface area contributed by atoms with E-state index in [1.807, 2.05) is 17.5 Å². The molecule has 0 unspecified atom stereocenters. The Morgan fingerprint density at radius 3 is 1.63 bits per heavy atom. The van der Waals surface area contributed by atoms with Crippen LogP contribution in [0.2, 0.25) is 0 Å². The number of amides is 4. The van der Waals surface area contributed by atoms with Crippen LogP contribution in [-0.2, 0) is 9.59 Å². The van der Waals surface area contributed by atoms with Gasteiger partial charge in [0.15, 0.2) is 0 Å². The summed E-state index contributed by atoms with van der Waals surface area (Å²) in [6.07, 6.45) is 1.54. The Kier molecular flexibility index (Phi) is 4.40. The molecule has 0 atom stereocenters. The predicted octanol–water partition coefficient (Wildman–Crippen LogP) is 4.33. The van der Waals surface area contributed by atoms with Crippen LogP contribution in [0.25, 0.3) is 6.08 Å². The lowest BCUT2D eigenvalue weighted by Crippen LogP contribution is -2.57. The number of para-hydroxylation sites is 2. The molecule has 4 amide bonds. The van der Waals surface area contributed by atoms with Crippen LogP contribution in [-0.4, -0.2) is 17.8 Å². The molecule has 1 fully saturated rings. The molecule has 1 aromatic heterocycles. The normalized spacial score (nSPS) is 14.7. The summed E-state index contributed by atoms with van der Waals surface area (Å²) in [7, 11) is 0. The first-order valence-corrected chi connectivity index (χ1v) is 9.13. The second kappa shape index (κ2) is 7.01. The molecule has 1 saturated heterocycles. The van der Waals surface area contributed by atoms with Crippen LogP contribution in [0, 0.1) is 0 Å². The van der Waals surface area contributed by atoms with Gasteiger partial charge in [-0.2, -0.15) is 0 Å². The third-order valence-corrected chi connectivity index (χ3v) is 4.93. The van der Waals surface area contributed by atoms with Crippen molar-refractivity contribution in [2.75, 3.05) is 9.80 Å². The van der Waals surface area contributed by atoms with Gasteiger partial charge in [0.05, 0.1) is 11.4 Å². The Morgan fingerprint density at radius 2 is 1.19 bits per heavy atom. The number of carbonyl (C=O) groups is 3. The van der Waals surface area contributed by atoms with E-state index < -0.39 is 17.8 Å². The summed E-state index contributed by atoms with van der Waals surface area (Å²) in [6.45, 7) is 0. The van der Waals surface area contributed by atoms with E-state index in [-0.39, 0.29) is 5.57 Å². The molecule has 27 heavy (non-hydrogen) atoms. The number of anilines is 2. The number of barbiturate groups is 1. The predicted molar refractivity (Wildman–Crippen MR) is 106 cm³/mol. The Balaban J connectivity index is 1.87. The second-order valence-electron chi connectivity index (χ2n) is 5.81. The summed E-state index contributed by atoms with van der Waals surface area (Å²) >= 11 is 1.41. The lowest BCUT2D eigenvalue weighted by Gasteiger charge is -2.33. The van der Waals surface area contributed by atoms with Crippen LogP contribution in [0.1, 0.15) is 4.88 Å². The summed E-state index contributed by atoms with van der Waals surface area (Å²) in [4.78, 5) is 42.0. The van der Waals surface area contributed by atoms with E-state index >= 15 is 0 Å². The minimum absolute atomic E-state index is 0.0512. The van der Waals surface area contributed by atoms with Crippen molar-refractivity contribution >= 4 is 46.6 Å². The van der Waals surface area contributed by atoms with Crippen LogP contribution in [0.5, 0.6) is 0 Å². The average molecular weight is 374 g/mol. The molecular weight excluding hydrogens is 360 g/mol. The van der Waals surface area contributed by atoms with Gasteiger partial charge in [-0.25, -0.2) is 14.6 Å². The molecule has 0 N–H and O–H groups in total. The molecular formula is C21H14N2O3S. The second-order valence-corrected chi connectivity index (χ2v) is 6.79. The average Bonchev–Trinajstić information content (AvgIpc) is 3.20. The Morgan fingerprint density at radius 1 is 0.667 bits per heavy atom. The van der Waals surface area contributed by atoms with E-state index in [9.17, 15) is 14.4 Å². The maximum absolute atomic E-state index is 13.1. The van der Waals surface area contributed by atoms with Crippen LogP contribution in [0.15, 0.2) is 83.7 Å². The lowest BCUT2D eigenvalue weighted by atomic mass is 10.1. The van der Waals surface area contributed by atoms with E-state index in [1.54, 1.807) is 60.7 Å². The number of carbonyl (C=O) groups excluding carboxylic acids is 3. The molecule has 132 valence electrons. The highest BCUT2D eigenvalue weighted by atomic mass is 32.1. The maximum Gasteiger partial charge on any atom is 0.343 e. The molecule has 4 rings (SSSR count). The SMILES string of the molecule is O=C1C(=Cc2cccs2)C(=O)N(c2ccccc2)C(=O)N1c1ccccc1. The zero-order valence-corrected chi connectivity index (χ0v) is 14.9. The number of imide groups is 2. The van der Waals surface area contributed by atoms with Crippen molar-refractivity contribution in [3.05, 3.63) is 88.6 Å². The first kappa shape index (κ1) is 16.9. The summed E-state index contributed by atoms with van der Waals surface area (Å²) < 4.78 is 0. The Labute approximate surface area is 159 Å². The van der Waals surface area contributed by atoms with Gasteiger partial charge in [-0.1, -0.05) is 42.5 Å². The number of benzene rings is 2. The maximum atomic E-state index is 13.1. The first-order valence-electron chi connectivity index (χ1n) is 8.25. The summed E-state index contributed by atoms with van der Waals surface area (Å²) in [6, 6.07) is 20.2. The van der Waals surface area contributed by atoms with Crippen LogP contribution in [0.4, 0.5) is 16.2 Å². The van der Waals surface area contributed by atoms with E-state index in [2.05, 4.69) is 0 Å². The van der Waals surface area contributed by atoms with Crippen molar-refractivity contribution in [3.63, 3.8) is 0 Å². The number of thiophene rings is 1. The molecule has 0 saturated carbocycles. The molecule has 3 aromatic rings. The van der Waals surface area contributed by atoms with Gasteiger partial charge in [0.25, 0.3) is 11.8 Å². The quantitative estimate of drug-likeness (QED) is 0.506. The largest absolute Gasteiger partial charge is 0.343 e. The molecule has 6 heteroatoms. The van der Waals surface area contributed by atoms with Gasteiger partial charge in [0.1, 0.15) is 5.57 Å². The fraction of sp³-hybridized carbons (Fsp3) is 0. The fourth-order valence-corrected chi connectivity index (χ4v) is 3.51. The van der Waals surface area contributed by atoms with Gasteiger partial charge in [-0.15, -0.1) is 11.3 Å². The van der Waals surface area contributed by atoms with Crippen molar-refractivity contribution in [1.82, 2.24) is 0 Å². The number of urea groups is 1. The number of hydrogen-bond donors (Lipinski definition) is 0. The van der Waals surface area contributed by atoms with Crippen LogP contribution >= 0.6 is 11.3 Å². The van der Waals surface area contributed by atoms with Gasteiger partial charge in [-0.05, 0) is 41.8 Å². The molecule has 1 aliphatic rings. The smallest absolute Gasteiger partial charge is 0.268 e. The lowest BCUT2D eigenvalue weighted by molar-refractivity contribution is -0.121. The van der Waals surface area contributed by atoms with Gasteiger partial charge in [0.2, 0.25) is 0 Å². The molecule has 5 nitrogen and oxygen atoms in total. The zero-order valence-electron chi connectivity index (χ0n) is 14.1. The minimum atomic E-state index is -0.689. The van der Waals surface area contributed by atoms with Gasteiger partial charge in [-0.3, -0.25) is 9.59 Å². The monoisotopic (exact) mass is 374 g/mol. The Bertz CT molecular complexity index is 964. The van der Waals surface area contributed by atoms with Crippen molar-refractivity contribution in [3.8, 4) is 0 Å². The molecule has 1 aliphatic heterocycles. The van der Waals surface area contributed by atoms with Gasteiger partial charge in [0, 0.05) is 4.88 Å². The number of hydrogen-bond acceptors (Lipinski definition) is 4. The van der Waals surface area contributed by atoms with E-state index in [0.29, 0.717) is 11.4 Å². The van der Waals surface area contributed by atoms with E-state index in [0.717, 1.165) is 14.7 Å². The van der Waals surface area contributed by atoms with Crippen molar-refractivity contribution in [2.45, 2.75) is 0 Å². The number of rotatable bonds is 3. The topological polar surface area (TPSA) is 57.7 Å². The Hall–Kier alpha value is -3.51. The van der Waals surface area contributed by atoms with Gasteiger partial charge < -0.3 is 0 Å². The van der Waals surface area contributed by atoms with Crippen LogP contribution < -0.4 is 9.80 Å². The highest BCUT2D eigenvalue weighted by molar-refractivity contribution is 7.10. The molecule has 2 heterocycles. The zero-order chi connectivity index (χ0) is 18.8. The molecule has 2 aromatic carbocycles. The van der Waals surface area contributed by atoms with Crippen LogP contribution in [0.3, 0.4) is 0 Å². The third kappa shape index (κ3) is 3.07. The summed E-state index contributed by atoms with van der Waals surface area (Å²) in [5.41, 5.74) is 0.778. The summed E-state index contributed by atoms with van der Waals surface area (Å²) in [5, 5.41) is 1.86. The third-order valence-electron chi connectivity index (χ3n) is 4.11. The highest BCUT2D eigenvalue weighted by Crippen LogP contribution is 2.29.